The molecule has 0 aliphatic carbocycles. The van der Waals surface area contributed by atoms with Crippen LogP contribution in [0.2, 0.25) is 0 Å². The Hall–Kier alpha value is -4.12. The molecule has 2 N–H and O–H groups in total. The van der Waals surface area contributed by atoms with Crippen LogP contribution in [0.25, 0.3) is 28.0 Å². The molecule has 0 radical (unpaired) electrons. The molecule has 5 heteroatoms. The number of ether oxygens (including phenoxy) is 1. The Morgan fingerprint density at radius 1 is 0.933 bits per heavy atom. The molecule has 0 aliphatic rings. The Morgan fingerprint density at radius 3 is 2.47 bits per heavy atom. The maximum atomic E-state index is 13.8. The van der Waals surface area contributed by atoms with Gasteiger partial charge in [-0.1, -0.05) is 30.3 Å². The lowest BCUT2D eigenvalue weighted by Crippen LogP contribution is -1.91. The number of carboxylic acid groups (broad SMARTS) is 1. The minimum atomic E-state index is -1.02. The number of phenolic OH excluding ortho intramolecular Hbond substituents is 1. The summed E-state index contributed by atoms with van der Waals surface area (Å²) in [6, 6.07) is 21.9. The lowest BCUT2D eigenvalue weighted by molar-refractivity contribution is -0.131. The van der Waals surface area contributed by atoms with E-state index in [-0.39, 0.29) is 11.6 Å². The molecule has 148 valence electrons. The largest absolute Gasteiger partial charge is 0.508 e. The number of rotatable bonds is 5. The van der Waals surface area contributed by atoms with Gasteiger partial charge in [0.25, 0.3) is 0 Å². The number of aliphatic carboxylic acids is 1. The van der Waals surface area contributed by atoms with Crippen LogP contribution in [0, 0.1) is 5.82 Å². The SMILES string of the molecule is O=C(O)C=Cc1ccc(Oc2c(-c3cccc(F)c3)ccc3cc(O)ccc23)cc1. The van der Waals surface area contributed by atoms with Crippen LogP contribution in [0.3, 0.4) is 0 Å². The van der Waals surface area contributed by atoms with E-state index >= 15 is 0 Å². The average Bonchev–Trinajstić information content (AvgIpc) is 2.73. The summed E-state index contributed by atoms with van der Waals surface area (Å²) in [6.07, 6.45) is 2.56. The molecule has 0 saturated carbocycles. The molecule has 4 rings (SSSR count). The van der Waals surface area contributed by atoms with Gasteiger partial charge in [0.15, 0.2) is 0 Å². The second-order valence-corrected chi connectivity index (χ2v) is 6.70. The Labute approximate surface area is 172 Å². The summed E-state index contributed by atoms with van der Waals surface area (Å²) < 4.78 is 20.0. The zero-order chi connectivity index (χ0) is 21.1. The first-order valence-electron chi connectivity index (χ1n) is 9.20. The van der Waals surface area contributed by atoms with E-state index in [1.165, 1.54) is 18.2 Å². The molecule has 0 atom stereocenters. The summed E-state index contributed by atoms with van der Waals surface area (Å²) in [5.41, 5.74) is 2.10. The number of fused-ring (bicyclic) bond motifs is 1. The lowest BCUT2D eigenvalue weighted by atomic mass is 9.99. The normalized spacial score (nSPS) is 11.1. The summed E-state index contributed by atoms with van der Waals surface area (Å²) in [7, 11) is 0. The number of benzene rings is 4. The number of hydrogen-bond acceptors (Lipinski definition) is 3. The molecule has 0 spiro atoms. The van der Waals surface area contributed by atoms with Gasteiger partial charge in [-0.05, 0) is 71.1 Å². The predicted molar refractivity (Wildman–Crippen MR) is 114 cm³/mol. The Bertz CT molecular complexity index is 1260. The third kappa shape index (κ3) is 4.15. The number of halogens is 1. The van der Waals surface area contributed by atoms with Crippen LogP contribution >= 0.6 is 0 Å². The lowest BCUT2D eigenvalue weighted by Gasteiger charge is -2.15. The van der Waals surface area contributed by atoms with Crippen molar-refractivity contribution in [3.05, 3.63) is 96.3 Å². The van der Waals surface area contributed by atoms with E-state index in [0.29, 0.717) is 22.6 Å². The van der Waals surface area contributed by atoms with Crippen molar-refractivity contribution in [3.63, 3.8) is 0 Å². The van der Waals surface area contributed by atoms with Crippen molar-refractivity contribution in [1.29, 1.82) is 0 Å². The molecule has 4 nitrogen and oxygen atoms in total. The highest BCUT2D eigenvalue weighted by molar-refractivity contribution is 5.96. The minimum absolute atomic E-state index is 0.140. The van der Waals surface area contributed by atoms with Crippen molar-refractivity contribution >= 4 is 22.8 Å². The molecule has 4 aromatic carbocycles. The van der Waals surface area contributed by atoms with E-state index in [1.54, 1.807) is 54.6 Å². The molecule has 0 aliphatic heterocycles. The van der Waals surface area contributed by atoms with E-state index in [1.807, 2.05) is 12.1 Å². The van der Waals surface area contributed by atoms with Crippen molar-refractivity contribution in [2.75, 3.05) is 0 Å². The molecule has 0 bridgehead atoms. The fourth-order valence-electron chi connectivity index (χ4n) is 3.21. The quantitative estimate of drug-likeness (QED) is 0.389. The summed E-state index contributed by atoms with van der Waals surface area (Å²) >= 11 is 0. The molecule has 30 heavy (non-hydrogen) atoms. The van der Waals surface area contributed by atoms with Gasteiger partial charge < -0.3 is 14.9 Å². The van der Waals surface area contributed by atoms with Gasteiger partial charge in [-0.2, -0.15) is 0 Å². The van der Waals surface area contributed by atoms with Crippen LogP contribution in [0.15, 0.2) is 84.9 Å². The smallest absolute Gasteiger partial charge is 0.328 e. The van der Waals surface area contributed by atoms with Gasteiger partial charge in [0, 0.05) is 17.0 Å². The summed E-state index contributed by atoms with van der Waals surface area (Å²) in [5, 5.41) is 20.1. The molecule has 0 fully saturated rings. The Balaban J connectivity index is 1.79. The topological polar surface area (TPSA) is 66.8 Å². The molecule has 0 unspecified atom stereocenters. The fourth-order valence-corrected chi connectivity index (χ4v) is 3.21. The zero-order valence-corrected chi connectivity index (χ0v) is 15.7. The van der Waals surface area contributed by atoms with Crippen LogP contribution in [0.1, 0.15) is 5.56 Å². The summed E-state index contributed by atoms with van der Waals surface area (Å²) in [4.78, 5) is 10.7. The van der Waals surface area contributed by atoms with Crippen LogP contribution in [0.5, 0.6) is 17.2 Å². The number of phenols is 1. The molecular weight excluding hydrogens is 383 g/mol. The first-order chi connectivity index (χ1) is 14.5. The number of carbonyl (C=O) groups is 1. The maximum Gasteiger partial charge on any atom is 0.328 e. The van der Waals surface area contributed by atoms with E-state index < -0.39 is 5.97 Å². The predicted octanol–water partition coefficient (Wildman–Crippen LogP) is 6.24. The van der Waals surface area contributed by atoms with Gasteiger partial charge >= 0.3 is 5.97 Å². The average molecular weight is 400 g/mol. The molecule has 0 saturated heterocycles. The number of hydrogen-bond donors (Lipinski definition) is 2. The van der Waals surface area contributed by atoms with Gasteiger partial charge in [0.2, 0.25) is 0 Å². The summed E-state index contributed by atoms with van der Waals surface area (Å²) in [6.45, 7) is 0. The highest BCUT2D eigenvalue weighted by atomic mass is 19.1. The third-order valence-electron chi connectivity index (χ3n) is 4.61. The van der Waals surface area contributed by atoms with Crippen molar-refractivity contribution in [2.45, 2.75) is 0 Å². The van der Waals surface area contributed by atoms with Crippen LogP contribution in [-0.2, 0) is 4.79 Å². The van der Waals surface area contributed by atoms with Crippen molar-refractivity contribution < 1.29 is 24.1 Å². The zero-order valence-electron chi connectivity index (χ0n) is 15.7. The molecule has 0 aromatic heterocycles. The Kier molecular flexibility index (Phi) is 5.18. The maximum absolute atomic E-state index is 13.8. The first-order valence-corrected chi connectivity index (χ1v) is 9.20. The van der Waals surface area contributed by atoms with Gasteiger partial charge in [-0.3, -0.25) is 0 Å². The van der Waals surface area contributed by atoms with E-state index in [4.69, 9.17) is 9.84 Å². The van der Waals surface area contributed by atoms with Crippen LogP contribution in [0.4, 0.5) is 4.39 Å². The van der Waals surface area contributed by atoms with Crippen molar-refractivity contribution in [3.8, 4) is 28.4 Å². The van der Waals surface area contributed by atoms with Crippen LogP contribution < -0.4 is 4.74 Å². The Morgan fingerprint density at radius 2 is 1.73 bits per heavy atom. The van der Waals surface area contributed by atoms with E-state index in [2.05, 4.69) is 0 Å². The van der Waals surface area contributed by atoms with Gasteiger partial charge in [-0.15, -0.1) is 0 Å². The molecule has 0 amide bonds. The fraction of sp³-hybridized carbons (Fsp3) is 0. The monoisotopic (exact) mass is 400 g/mol. The van der Waals surface area contributed by atoms with Gasteiger partial charge in [0.1, 0.15) is 23.1 Å². The van der Waals surface area contributed by atoms with Gasteiger partial charge in [0.05, 0.1) is 0 Å². The van der Waals surface area contributed by atoms with E-state index in [0.717, 1.165) is 22.4 Å². The summed E-state index contributed by atoms with van der Waals surface area (Å²) in [5.74, 6) is -0.151. The molecule has 0 heterocycles. The first kappa shape index (κ1) is 19.2. The van der Waals surface area contributed by atoms with Crippen molar-refractivity contribution in [2.24, 2.45) is 0 Å². The van der Waals surface area contributed by atoms with E-state index in [9.17, 15) is 14.3 Å². The minimum Gasteiger partial charge on any atom is -0.508 e. The van der Waals surface area contributed by atoms with Gasteiger partial charge in [-0.25, -0.2) is 9.18 Å². The van der Waals surface area contributed by atoms with Crippen LogP contribution in [-0.4, -0.2) is 16.2 Å². The number of aromatic hydroxyl groups is 1. The standard InChI is InChI=1S/C25H17FO4/c26-19-3-1-2-17(14-19)22-11-7-18-15-20(27)8-12-23(18)25(22)30-21-9-4-16(5-10-21)6-13-24(28)29/h1-15,27H,(H,28,29). The highest BCUT2D eigenvalue weighted by Gasteiger charge is 2.13. The number of carboxylic acids is 1. The molecular formula is C25H17FO4. The molecule has 4 aromatic rings. The second-order valence-electron chi connectivity index (χ2n) is 6.70. The highest BCUT2D eigenvalue weighted by Crippen LogP contribution is 2.40. The third-order valence-corrected chi connectivity index (χ3v) is 4.61. The second kappa shape index (κ2) is 8.09. The van der Waals surface area contributed by atoms with Crippen molar-refractivity contribution in [1.82, 2.24) is 0 Å².